The summed E-state index contributed by atoms with van der Waals surface area (Å²) in [7, 11) is 0. The Morgan fingerprint density at radius 2 is 2.19 bits per heavy atom. The minimum atomic E-state index is -0.579. The highest BCUT2D eigenvalue weighted by Gasteiger charge is 2.08. The Kier molecular flexibility index (Phi) is 5.26. The molecule has 0 saturated heterocycles. The molecule has 3 N–H and O–H groups in total. The zero-order valence-corrected chi connectivity index (χ0v) is 11.7. The highest BCUT2D eigenvalue weighted by atomic mass is 32.1. The second kappa shape index (κ2) is 7.38. The van der Waals surface area contributed by atoms with Gasteiger partial charge in [0.25, 0.3) is 0 Å². The van der Waals surface area contributed by atoms with Crippen LogP contribution in [0.25, 0.3) is 0 Å². The van der Waals surface area contributed by atoms with Gasteiger partial charge >= 0.3 is 6.03 Å². The molecule has 0 radical (unpaired) electrons. The summed E-state index contributed by atoms with van der Waals surface area (Å²) in [5, 5.41) is 13.9. The first-order valence-electron chi connectivity index (χ1n) is 6.07. The Morgan fingerprint density at radius 3 is 2.95 bits per heavy atom. The summed E-state index contributed by atoms with van der Waals surface area (Å²) in [6.07, 6.45) is 1.90. The van der Waals surface area contributed by atoms with Crippen LogP contribution in [-0.4, -0.2) is 22.7 Å². The molecule has 0 aliphatic carbocycles. The number of thiazole rings is 1. The molecule has 2 aromatic rings. The molecular formula is C14H12FN3O2S. The van der Waals surface area contributed by atoms with Crippen molar-refractivity contribution in [2.45, 2.75) is 6.42 Å². The number of carbonyl (C=O) groups excluding carboxylic acids is 1. The summed E-state index contributed by atoms with van der Waals surface area (Å²) in [5.41, 5.74) is 0.0921. The van der Waals surface area contributed by atoms with Crippen molar-refractivity contribution in [2.75, 3.05) is 17.2 Å². The second-order valence-electron chi connectivity index (χ2n) is 3.86. The van der Waals surface area contributed by atoms with Gasteiger partial charge < -0.3 is 10.4 Å². The molecule has 0 atom stereocenters. The summed E-state index contributed by atoms with van der Waals surface area (Å²) in [6, 6.07) is 5.30. The van der Waals surface area contributed by atoms with Crippen LogP contribution in [0.15, 0.2) is 30.5 Å². The molecule has 0 unspecified atom stereocenters. The number of halogens is 1. The van der Waals surface area contributed by atoms with Crippen LogP contribution in [0.3, 0.4) is 0 Å². The fourth-order valence-electron chi connectivity index (χ4n) is 1.41. The molecule has 7 heteroatoms. The van der Waals surface area contributed by atoms with Crippen molar-refractivity contribution in [1.29, 1.82) is 0 Å². The minimum absolute atomic E-state index is 0.00194. The van der Waals surface area contributed by atoms with Gasteiger partial charge in [-0.05, 0) is 12.1 Å². The number of rotatable bonds is 3. The number of aliphatic hydroxyl groups is 1. The van der Waals surface area contributed by atoms with E-state index in [1.807, 2.05) is 0 Å². The van der Waals surface area contributed by atoms with E-state index in [4.69, 9.17) is 5.11 Å². The monoisotopic (exact) mass is 305 g/mol. The molecule has 2 rings (SSSR count). The molecule has 0 saturated carbocycles. The van der Waals surface area contributed by atoms with Gasteiger partial charge in [-0.2, -0.15) is 0 Å². The van der Waals surface area contributed by atoms with Gasteiger partial charge in [0.2, 0.25) is 0 Å². The van der Waals surface area contributed by atoms with E-state index in [0.717, 1.165) is 0 Å². The number of para-hydroxylation sites is 1. The number of hydrogen-bond donors (Lipinski definition) is 3. The maximum absolute atomic E-state index is 13.4. The lowest BCUT2D eigenvalue weighted by molar-refractivity contribution is 0.262. The van der Waals surface area contributed by atoms with Crippen LogP contribution in [0.2, 0.25) is 0 Å². The third-order valence-corrected chi connectivity index (χ3v) is 3.12. The Balaban J connectivity index is 1.95. The smallest absolute Gasteiger partial charge is 0.325 e. The van der Waals surface area contributed by atoms with Crippen LogP contribution in [0, 0.1) is 17.7 Å². The standard InChI is InChI=1S/C14H12FN3O2S/c15-11-6-1-2-7-12(11)17-13(20)18-14-16-9-10(21-14)5-3-4-8-19/h1-2,6-7,9,19H,4,8H2,(H2,16,17,18,20). The molecule has 0 bridgehead atoms. The summed E-state index contributed by atoms with van der Waals surface area (Å²) in [6.45, 7) is 0.00194. The van der Waals surface area contributed by atoms with Gasteiger partial charge in [0, 0.05) is 6.42 Å². The molecule has 0 aliphatic rings. The van der Waals surface area contributed by atoms with Crippen molar-refractivity contribution in [1.82, 2.24) is 4.98 Å². The fourth-order valence-corrected chi connectivity index (χ4v) is 2.09. The number of aliphatic hydroxyl groups excluding tert-OH is 1. The highest BCUT2D eigenvalue weighted by molar-refractivity contribution is 7.16. The maximum atomic E-state index is 13.4. The van der Waals surface area contributed by atoms with Crippen LogP contribution in [0.4, 0.5) is 20.0 Å². The average molecular weight is 305 g/mol. The van der Waals surface area contributed by atoms with Crippen LogP contribution in [0.5, 0.6) is 0 Å². The third kappa shape index (κ3) is 4.56. The normalized spacial score (nSPS) is 9.62. The maximum Gasteiger partial charge on any atom is 0.325 e. The molecule has 1 aromatic carbocycles. The summed E-state index contributed by atoms with van der Waals surface area (Å²) in [5.74, 6) is 5.06. The molecule has 0 spiro atoms. The number of nitrogens with one attached hydrogen (secondary N) is 2. The van der Waals surface area contributed by atoms with E-state index in [0.29, 0.717) is 16.4 Å². The van der Waals surface area contributed by atoms with E-state index >= 15 is 0 Å². The number of anilines is 2. The average Bonchev–Trinajstić information content (AvgIpc) is 2.89. The summed E-state index contributed by atoms with van der Waals surface area (Å²) in [4.78, 5) is 16.4. The van der Waals surface area contributed by atoms with Gasteiger partial charge in [-0.15, -0.1) is 0 Å². The molecule has 1 aromatic heterocycles. The molecule has 0 fully saturated rings. The first-order valence-corrected chi connectivity index (χ1v) is 6.89. The number of benzene rings is 1. The number of hydrogen-bond acceptors (Lipinski definition) is 4. The Labute approximate surface area is 124 Å². The van der Waals surface area contributed by atoms with Gasteiger partial charge in [-0.3, -0.25) is 5.32 Å². The Hall–Kier alpha value is -2.43. The van der Waals surface area contributed by atoms with E-state index in [9.17, 15) is 9.18 Å². The molecule has 2 amide bonds. The number of amides is 2. The first kappa shape index (κ1) is 15.0. The molecule has 1 heterocycles. The predicted octanol–water partition coefficient (Wildman–Crippen LogP) is 2.66. The van der Waals surface area contributed by atoms with Crippen molar-refractivity contribution in [3.8, 4) is 11.8 Å². The van der Waals surface area contributed by atoms with Crippen LogP contribution in [-0.2, 0) is 0 Å². The lowest BCUT2D eigenvalue weighted by Gasteiger charge is -2.05. The van der Waals surface area contributed by atoms with Gasteiger partial charge in [0.15, 0.2) is 5.13 Å². The van der Waals surface area contributed by atoms with Crippen molar-refractivity contribution in [3.63, 3.8) is 0 Å². The van der Waals surface area contributed by atoms with Crippen LogP contribution >= 0.6 is 11.3 Å². The second-order valence-corrected chi connectivity index (χ2v) is 4.89. The first-order chi connectivity index (χ1) is 10.2. The fraction of sp³-hybridized carbons (Fsp3) is 0.143. The van der Waals surface area contributed by atoms with Crippen molar-refractivity contribution >= 4 is 28.2 Å². The van der Waals surface area contributed by atoms with E-state index < -0.39 is 11.8 Å². The quantitative estimate of drug-likeness (QED) is 0.763. The van der Waals surface area contributed by atoms with Crippen molar-refractivity contribution in [3.05, 3.63) is 41.2 Å². The van der Waals surface area contributed by atoms with Gasteiger partial charge in [-0.1, -0.05) is 35.3 Å². The topological polar surface area (TPSA) is 74.2 Å². The largest absolute Gasteiger partial charge is 0.395 e. The number of carbonyl (C=O) groups is 1. The molecule has 108 valence electrons. The van der Waals surface area contributed by atoms with Crippen LogP contribution < -0.4 is 10.6 Å². The number of aromatic nitrogens is 1. The summed E-state index contributed by atoms with van der Waals surface area (Å²) >= 11 is 1.19. The SMILES string of the molecule is O=C(Nc1ncc(C#CCCO)s1)Nc1ccccc1F. The lowest BCUT2D eigenvalue weighted by atomic mass is 10.3. The van der Waals surface area contributed by atoms with E-state index in [-0.39, 0.29) is 12.3 Å². The zero-order chi connectivity index (χ0) is 15.1. The van der Waals surface area contributed by atoms with Crippen molar-refractivity contribution in [2.24, 2.45) is 0 Å². The highest BCUT2D eigenvalue weighted by Crippen LogP contribution is 2.18. The Morgan fingerprint density at radius 1 is 1.38 bits per heavy atom. The van der Waals surface area contributed by atoms with Gasteiger partial charge in [0.1, 0.15) is 5.82 Å². The minimum Gasteiger partial charge on any atom is -0.395 e. The van der Waals surface area contributed by atoms with Gasteiger partial charge in [0.05, 0.1) is 23.4 Å². The van der Waals surface area contributed by atoms with Gasteiger partial charge in [-0.25, -0.2) is 14.2 Å². The van der Waals surface area contributed by atoms with Crippen LogP contribution in [0.1, 0.15) is 11.3 Å². The van der Waals surface area contributed by atoms with E-state index in [1.165, 1.54) is 35.7 Å². The zero-order valence-electron chi connectivity index (χ0n) is 10.9. The van der Waals surface area contributed by atoms with Crippen molar-refractivity contribution < 1.29 is 14.3 Å². The number of urea groups is 1. The Bertz CT molecular complexity index is 691. The molecule has 5 nitrogen and oxygen atoms in total. The van der Waals surface area contributed by atoms with E-state index in [2.05, 4.69) is 27.5 Å². The molecule has 0 aliphatic heterocycles. The number of nitrogens with zero attached hydrogens (tertiary/aromatic N) is 1. The lowest BCUT2D eigenvalue weighted by Crippen LogP contribution is -2.19. The van der Waals surface area contributed by atoms with E-state index in [1.54, 1.807) is 6.07 Å². The third-order valence-electron chi connectivity index (χ3n) is 2.30. The molecular weight excluding hydrogens is 293 g/mol. The molecule has 21 heavy (non-hydrogen) atoms. The predicted molar refractivity (Wildman–Crippen MR) is 79.7 cm³/mol. The summed E-state index contributed by atoms with van der Waals surface area (Å²) < 4.78 is 13.4.